The zero-order valence-corrected chi connectivity index (χ0v) is 7.69. The summed E-state index contributed by atoms with van der Waals surface area (Å²) in [6, 6.07) is -1.18. The average Bonchev–Trinajstić information content (AvgIpc) is 2.61. The van der Waals surface area contributed by atoms with E-state index in [0.29, 0.717) is 12.8 Å². The first-order valence-electron chi connectivity index (χ1n) is 4.49. The van der Waals surface area contributed by atoms with E-state index >= 15 is 0 Å². The van der Waals surface area contributed by atoms with Gasteiger partial charge in [0.05, 0.1) is 19.3 Å². The molecule has 80 valence electrons. The number of carbonyl (C=O) groups is 2. The largest absolute Gasteiger partial charge is 0.394 e. The number of amides is 2. The summed E-state index contributed by atoms with van der Waals surface area (Å²) in [5.41, 5.74) is 0. The standard InChI is InChI=1S/C8H14N2O4/c11-3-5(4-12)9-8(14)6-1-2-7(13)10-6/h5-6,11-12H,1-4H2,(H,9,14)(H,10,13). The highest BCUT2D eigenvalue weighted by Gasteiger charge is 2.28. The third kappa shape index (κ3) is 2.68. The molecule has 1 unspecified atom stereocenters. The van der Waals surface area contributed by atoms with Crippen LogP contribution in [0.2, 0.25) is 0 Å². The molecule has 4 N–H and O–H groups in total. The first-order valence-corrected chi connectivity index (χ1v) is 4.49. The molecular weight excluding hydrogens is 188 g/mol. The zero-order chi connectivity index (χ0) is 10.6. The zero-order valence-electron chi connectivity index (χ0n) is 7.69. The van der Waals surface area contributed by atoms with Crippen molar-refractivity contribution in [3.63, 3.8) is 0 Å². The highest BCUT2D eigenvalue weighted by atomic mass is 16.3. The Balaban J connectivity index is 2.38. The molecule has 0 aliphatic carbocycles. The fraction of sp³-hybridized carbons (Fsp3) is 0.750. The summed E-state index contributed by atoms with van der Waals surface area (Å²) in [5, 5.41) is 22.3. The van der Waals surface area contributed by atoms with E-state index in [1.165, 1.54) is 0 Å². The van der Waals surface area contributed by atoms with Crippen LogP contribution in [0.25, 0.3) is 0 Å². The third-order valence-corrected chi connectivity index (χ3v) is 2.10. The SMILES string of the molecule is O=C1CCC(C(=O)NC(CO)CO)N1. The van der Waals surface area contributed by atoms with Crippen molar-refractivity contribution < 1.29 is 19.8 Å². The van der Waals surface area contributed by atoms with Crippen LogP contribution in [0, 0.1) is 0 Å². The fourth-order valence-electron chi connectivity index (χ4n) is 1.26. The Kier molecular flexibility index (Phi) is 3.84. The summed E-state index contributed by atoms with van der Waals surface area (Å²) < 4.78 is 0. The molecule has 14 heavy (non-hydrogen) atoms. The van der Waals surface area contributed by atoms with Crippen LogP contribution in [0.4, 0.5) is 0 Å². The highest BCUT2D eigenvalue weighted by Crippen LogP contribution is 2.06. The van der Waals surface area contributed by atoms with Crippen LogP contribution in [0.3, 0.4) is 0 Å². The summed E-state index contributed by atoms with van der Waals surface area (Å²) in [7, 11) is 0. The summed E-state index contributed by atoms with van der Waals surface area (Å²) in [4.78, 5) is 22.2. The summed E-state index contributed by atoms with van der Waals surface area (Å²) in [6.45, 7) is -0.633. The lowest BCUT2D eigenvalue weighted by atomic mass is 10.2. The van der Waals surface area contributed by atoms with Gasteiger partial charge in [-0.05, 0) is 6.42 Å². The maximum absolute atomic E-state index is 11.4. The van der Waals surface area contributed by atoms with E-state index in [1.54, 1.807) is 0 Å². The van der Waals surface area contributed by atoms with E-state index in [4.69, 9.17) is 10.2 Å². The predicted molar refractivity (Wildman–Crippen MR) is 47.3 cm³/mol. The molecule has 0 radical (unpaired) electrons. The Hall–Kier alpha value is -1.14. The topological polar surface area (TPSA) is 98.7 Å². The van der Waals surface area contributed by atoms with Gasteiger partial charge in [0.1, 0.15) is 6.04 Å². The predicted octanol–water partition coefficient (Wildman–Crippen LogP) is -2.27. The Morgan fingerprint density at radius 1 is 1.57 bits per heavy atom. The maximum atomic E-state index is 11.4. The van der Waals surface area contributed by atoms with E-state index < -0.39 is 12.1 Å². The number of nitrogens with one attached hydrogen (secondary N) is 2. The minimum absolute atomic E-state index is 0.144. The molecule has 1 rings (SSSR count). The molecule has 6 nitrogen and oxygen atoms in total. The first kappa shape index (κ1) is 10.9. The number of hydrogen-bond acceptors (Lipinski definition) is 4. The Bertz CT molecular complexity index is 227. The molecule has 1 atom stereocenters. The van der Waals surface area contributed by atoms with Crippen molar-refractivity contribution in [3.8, 4) is 0 Å². The Labute approximate surface area is 81.3 Å². The van der Waals surface area contributed by atoms with Gasteiger partial charge in [-0.25, -0.2) is 0 Å². The Morgan fingerprint density at radius 3 is 2.64 bits per heavy atom. The van der Waals surface area contributed by atoms with Gasteiger partial charge in [0.25, 0.3) is 0 Å². The van der Waals surface area contributed by atoms with Gasteiger partial charge >= 0.3 is 0 Å². The summed E-state index contributed by atoms with van der Waals surface area (Å²) in [6.07, 6.45) is 0.815. The molecular formula is C8H14N2O4. The van der Waals surface area contributed by atoms with Crippen molar-refractivity contribution in [2.75, 3.05) is 13.2 Å². The van der Waals surface area contributed by atoms with Gasteiger partial charge in [-0.3, -0.25) is 9.59 Å². The van der Waals surface area contributed by atoms with Crippen molar-refractivity contribution >= 4 is 11.8 Å². The third-order valence-electron chi connectivity index (χ3n) is 2.10. The number of aliphatic hydroxyl groups is 2. The lowest BCUT2D eigenvalue weighted by molar-refractivity contribution is -0.126. The molecule has 6 heteroatoms. The van der Waals surface area contributed by atoms with Crippen molar-refractivity contribution in [1.29, 1.82) is 0 Å². The molecule has 1 aliphatic heterocycles. The minimum atomic E-state index is -0.653. The Morgan fingerprint density at radius 2 is 2.21 bits per heavy atom. The van der Waals surface area contributed by atoms with Crippen molar-refractivity contribution in [3.05, 3.63) is 0 Å². The number of aliphatic hydroxyl groups excluding tert-OH is 2. The van der Waals surface area contributed by atoms with E-state index in [2.05, 4.69) is 10.6 Å². The van der Waals surface area contributed by atoms with Crippen LogP contribution in [-0.4, -0.2) is 47.3 Å². The van der Waals surface area contributed by atoms with Crippen LogP contribution < -0.4 is 10.6 Å². The second-order valence-electron chi connectivity index (χ2n) is 3.23. The number of carbonyl (C=O) groups excluding carboxylic acids is 2. The smallest absolute Gasteiger partial charge is 0.242 e. The maximum Gasteiger partial charge on any atom is 0.242 e. The van der Waals surface area contributed by atoms with E-state index in [-0.39, 0.29) is 25.0 Å². The molecule has 1 aliphatic rings. The molecule has 0 aromatic rings. The van der Waals surface area contributed by atoms with E-state index in [0.717, 1.165) is 0 Å². The van der Waals surface area contributed by atoms with Gasteiger partial charge in [0.15, 0.2) is 0 Å². The minimum Gasteiger partial charge on any atom is -0.394 e. The number of rotatable bonds is 4. The normalized spacial score (nSPS) is 21.1. The molecule has 0 aromatic heterocycles. The lowest BCUT2D eigenvalue weighted by Gasteiger charge is -2.16. The number of hydrogen-bond donors (Lipinski definition) is 4. The van der Waals surface area contributed by atoms with Crippen molar-refractivity contribution in [2.45, 2.75) is 24.9 Å². The molecule has 2 amide bonds. The van der Waals surface area contributed by atoms with Crippen LogP contribution in [0.5, 0.6) is 0 Å². The molecule has 1 heterocycles. The molecule has 0 bridgehead atoms. The lowest BCUT2D eigenvalue weighted by Crippen LogP contribution is -2.48. The molecule has 0 spiro atoms. The monoisotopic (exact) mass is 202 g/mol. The summed E-state index contributed by atoms with van der Waals surface area (Å²) in [5.74, 6) is -0.501. The second-order valence-corrected chi connectivity index (χ2v) is 3.23. The van der Waals surface area contributed by atoms with Gasteiger partial charge in [-0.15, -0.1) is 0 Å². The second kappa shape index (κ2) is 4.92. The van der Waals surface area contributed by atoms with Crippen LogP contribution >= 0.6 is 0 Å². The average molecular weight is 202 g/mol. The quantitative estimate of drug-likeness (QED) is 0.413. The van der Waals surface area contributed by atoms with Crippen LogP contribution in [0.15, 0.2) is 0 Å². The molecule has 0 aromatic carbocycles. The van der Waals surface area contributed by atoms with Gasteiger partial charge in [-0.1, -0.05) is 0 Å². The summed E-state index contributed by atoms with van der Waals surface area (Å²) >= 11 is 0. The fourth-order valence-corrected chi connectivity index (χ4v) is 1.26. The van der Waals surface area contributed by atoms with Gasteiger partial charge in [0, 0.05) is 6.42 Å². The molecule has 0 saturated carbocycles. The first-order chi connectivity index (χ1) is 6.67. The van der Waals surface area contributed by atoms with Crippen LogP contribution in [0.1, 0.15) is 12.8 Å². The van der Waals surface area contributed by atoms with Crippen molar-refractivity contribution in [2.24, 2.45) is 0 Å². The highest BCUT2D eigenvalue weighted by molar-refractivity contribution is 5.90. The molecule has 1 saturated heterocycles. The van der Waals surface area contributed by atoms with E-state index in [1.807, 2.05) is 0 Å². The van der Waals surface area contributed by atoms with Crippen LogP contribution in [-0.2, 0) is 9.59 Å². The van der Waals surface area contributed by atoms with Gasteiger partial charge < -0.3 is 20.8 Å². The van der Waals surface area contributed by atoms with E-state index in [9.17, 15) is 9.59 Å². The van der Waals surface area contributed by atoms with Gasteiger partial charge in [0.2, 0.25) is 11.8 Å². The van der Waals surface area contributed by atoms with Gasteiger partial charge in [-0.2, -0.15) is 0 Å². The van der Waals surface area contributed by atoms with Crippen molar-refractivity contribution in [1.82, 2.24) is 10.6 Å². The molecule has 1 fully saturated rings.